The lowest BCUT2D eigenvalue weighted by molar-refractivity contribution is -0.145. The Hall–Kier alpha value is -1.41. The Bertz CT molecular complexity index is 468. The number of carbonyl (C=O) groups excluding carboxylic acids is 1. The van der Waals surface area contributed by atoms with Gasteiger partial charge in [-0.05, 0) is 39.8 Å². The number of hydrogen-bond donors (Lipinski definition) is 0. The third-order valence-corrected chi connectivity index (χ3v) is 4.67. The van der Waals surface area contributed by atoms with Crippen molar-refractivity contribution in [2.75, 3.05) is 13.2 Å². The van der Waals surface area contributed by atoms with Gasteiger partial charge in [-0.2, -0.15) is 0 Å². The molecular formula is C14H20O4P+. The van der Waals surface area contributed by atoms with E-state index in [1.165, 1.54) is 0 Å². The third-order valence-electron chi connectivity index (χ3n) is 2.67. The first kappa shape index (κ1) is 15.6. The van der Waals surface area contributed by atoms with Gasteiger partial charge in [-0.25, -0.2) is 4.79 Å². The number of para-hydroxylation sites is 1. The lowest BCUT2D eigenvalue weighted by atomic mass is 10.2. The van der Waals surface area contributed by atoms with E-state index >= 15 is 0 Å². The summed E-state index contributed by atoms with van der Waals surface area (Å²) in [5.41, 5.74) is 0. The molecule has 1 atom stereocenters. The highest BCUT2D eigenvalue weighted by Gasteiger charge is 2.51. The van der Waals surface area contributed by atoms with Crippen LogP contribution in [0.4, 0.5) is 0 Å². The van der Waals surface area contributed by atoms with Gasteiger partial charge in [-0.15, -0.1) is 0 Å². The third kappa shape index (κ3) is 3.54. The molecule has 0 bridgehead atoms. The molecule has 0 aliphatic rings. The summed E-state index contributed by atoms with van der Waals surface area (Å²) in [5, 5.41) is -0.518. The van der Waals surface area contributed by atoms with E-state index in [2.05, 4.69) is 0 Å². The fourth-order valence-corrected chi connectivity index (χ4v) is 2.99. The van der Waals surface area contributed by atoms with E-state index in [9.17, 15) is 9.36 Å². The summed E-state index contributed by atoms with van der Waals surface area (Å²) in [6, 6.07) is 7.08. The number of esters is 1. The highest BCUT2D eigenvalue weighted by molar-refractivity contribution is 7.56. The SMILES string of the molecule is CCOC(=O)C(C)(C)[P+](=O)c1ccccc1OCC. The Morgan fingerprint density at radius 3 is 2.42 bits per heavy atom. The summed E-state index contributed by atoms with van der Waals surface area (Å²) in [6.45, 7) is 7.62. The van der Waals surface area contributed by atoms with Gasteiger partial charge in [0.1, 0.15) is 0 Å². The van der Waals surface area contributed by atoms with E-state index in [0.717, 1.165) is 0 Å². The van der Waals surface area contributed by atoms with Crippen LogP contribution in [0.5, 0.6) is 5.75 Å². The van der Waals surface area contributed by atoms with Gasteiger partial charge in [0, 0.05) is 0 Å². The maximum atomic E-state index is 12.6. The van der Waals surface area contributed by atoms with E-state index in [1.54, 1.807) is 39.0 Å². The van der Waals surface area contributed by atoms with Crippen molar-refractivity contribution in [1.82, 2.24) is 0 Å². The Labute approximate surface area is 114 Å². The molecule has 0 aromatic heterocycles. The molecule has 1 rings (SSSR count). The second kappa shape index (κ2) is 6.67. The maximum Gasteiger partial charge on any atom is 0.398 e. The van der Waals surface area contributed by atoms with Crippen molar-refractivity contribution in [1.29, 1.82) is 0 Å². The quantitative estimate of drug-likeness (QED) is 0.595. The molecule has 4 nitrogen and oxygen atoms in total. The lowest BCUT2D eigenvalue weighted by Crippen LogP contribution is -2.32. The first-order valence-electron chi connectivity index (χ1n) is 6.31. The predicted molar refractivity (Wildman–Crippen MR) is 75.6 cm³/mol. The Morgan fingerprint density at radius 1 is 1.21 bits per heavy atom. The predicted octanol–water partition coefficient (Wildman–Crippen LogP) is 2.88. The molecule has 0 fully saturated rings. The van der Waals surface area contributed by atoms with E-state index in [0.29, 0.717) is 17.7 Å². The van der Waals surface area contributed by atoms with E-state index in [1.807, 2.05) is 13.0 Å². The zero-order chi connectivity index (χ0) is 14.5. The second-order valence-corrected chi connectivity index (χ2v) is 6.66. The number of rotatable bonds is 6. The molecule has 0 radical (unpaired) electrons. The highest BCUT2D eigenvalue weighted by atomic mass is 31.1. The topological polar surface area (TPSA) is 52.6 Å². The Kier molecular flexibility index (Phi) is 5.49. The molecule has 0 saturated carbocycles. The Morgan fingerprint density at radius 2 is 1.84 bits per heavy atom. The number of benzene rings is 1. The first-order chi connectivity index (χ1) is 8.95. The minimum absolute atomic E-state index is 0.276. The number of carbonyl (C=O) groups is 1. The monoisotopic (exact) mass is 283 g/mol. The lowest BCUT2D eigenvalue weighted by Gasteiger charge is -2.13. The van der Waals surface area contributed by atoms with Crippen molar-refractivity contribution < 1.29 is 18.8 Å². The van der Waals surface area contributed by atoms with Crippen LogP contribution >= 0.6 is 7.80 Å². The molecule has 0 N–H and O–H groups in total. The summed E-state index contributed by atoms with van der Waals surface area (Å²) in [5.74, 6) is 0.103. The van der Waals surface area contributed by atoms with Crippen molar-refractivity contribution in [3.8, 4) is 5.75 Å². The van der Waals surface area contributed by atoms with E-state index < -0.39 is 18.9 Å². The minimum atomic E-state index is -1.95. The molecule has 0 saturated heterocycles. The first-order valence-corrected chi connectivity index (χ1v) is 7.57. The van der Waals surface area contributed by atoms with Crippen molar-refractivity contribution in [2.24, 2.45) is 0 Å². The summed E-state index contributed by atoms with van der Waals surface area (Å²) in [7, 11) is -1.95. The molecule has 1 unspecified atom stereocenters. The molecular weight excluding hydrogens is 263 g/mol. The fraction of sp³-hybridized carbons (Fsp3) is 0.500. The van der Waals surface area contributed by atoms with Crippen LogP contribution in [-0.4, -0.2) is 24.3 Å². The van der Waals surface area contributed by atoms with Crippen LogP contribution in [0, 0.1) is 0 Å². The van der Waals surface area contributed by atoms with Gasteiger partial charge in [-0.1, -0.05) is 16.7 Å². The average molecular weight is 283 g/mol. The van der Waals surface area contributed by atoms with Crippen molar-refractivity contribution in [3.63, 3.8) is 0 Å². The molecule has 1 aromatic carbocycles. The van der Waals surface area contributed by atoms with Gasteiger partial charge in [-0.3, -0.25) is 0 Å². The Balaban J connectivity index is 3.09. The average Bonchev–Trinajstić information content (AvgIpc) is 2.39. The minimum Gasteiger partial charge on any atom is -0.489 e. The second-order valence-electron chi connectivity index (χ2n) is 4.47. The van der Waals surface area contributed by atoms with Crippen LogP contribution in [0.3, 0.4) is 0 Å². The van der Waals surface area contributed by atoms with Gasteiger partial charge in [0.15, 0.2) is 5.75 Å². The summed E-state index contributed by atoms with van der Waals surface area (Å²) in [4.78, 5) is 11.9. The van der Waals surface area contributed by atoms with Gasteiger partial charge in [0.05, 0.1) is 13.2 Å². The largest absolute Gasteiger partial charge is 0.489 e. The van der Waals surface area contributed by atoms with Gasteiger partial charge < -0.3 is 9.47 Å². The van der Waals surface area contributed by atoms with Crippen molar-refractivity contribution >= 4 is 19.1 Å². The maximum absolute atomic E-state index is 12.6. The van der Waals surface area contributed by atoms with E-state index in [4.69, 9.17) is 9.47 Å². The van der Waals surface area contributed by atoms with Gasteiger partial charge in [0.25, 0.3) is 5.16 Å². The smallest absolute Gasteiger partial charge is 0.398 e. The molecule has 5 heteroatoms. The van der Waals surface area contributed by atoms with Crippen LogP contribution < -0.4 is 10.0 Å². The molecule has 0 heterocycles. The molecule has 0 aliphatic heterocycles. The van der Waals surface area contributed by atoms with Crippen LogP contribution in [0.1, 0.15) is 27.7 Å². The van der Waals surface area contributed by atoms with E-state index in [-0.39, 0.29) is 6.61 Å². The van der Waals surface area contributed by atoms with Crippen molar-refractivity contribution in [3.05, 3.63) is 24.3 Å². The molecule has 0 aliphatic carbocycles. The molecule has 0 spiro atoms. The van der Waals surface area contributed by atoms with Crippen LogP contribution in [0.2, 0.25) is 0 Å². The number of ether oxygens (including phenoxy) is 2. The molecule has 0 amide bonds. The van der Waals surface area contributed by atoms with Crippen LogP contribution in [0.25, 0.3) is 0 Å². The normalized spacial score (nSPS) is 11.9. The summed E-state index contributed by atoms with van der Waals surface area (Å²) >= 11 is 0. The molecule has 1 aromatic rings. The van der Waals surface area contributed by atoms with Crippen molar-refractivity contribution in [2.45, 2.75) is 32.9 Å². The fourth-order valence-electron chi connectivity index (χ4n) is 1.59. The van der Waals surface area contributed by atoms with Gasteiger partial charge in [0.2, 0.25) is 5.30 Å². The molecule has 19 heavy (non-hydrogen) atoms. The zero-order valence-corrected chi connectivity index (χ0v) is 12.7. The zero-order valence-electron chi connectivity index (χ0n) is 11.8. The highest BCUT2D eigenvalue weighted by Crippen LogP contribution is 2.41. The van der Waals surface area contributed by atoms with Gasteiger partial charge >= 0.3 is 13.8 Å². The summed E-state index contributed by atoms with van der Waals surface area (Å²) < 4.78 is 23.1. The number of hydrogen-bond acceptors (Lipinski definition) is 4. The molecule has 104 valence electrons. The standard InChI is InChI=1S/C14H20O4P/c1-5-17-11-9-7-8-10-12(11)19(16)14(3,4)13(15)18-6-2/h7-10H,5-6H2,1-4H3/q+1. The summed E-state index contributed by atoms with van der Waals surface area (Å²) in [6.07, 6.45) is 0. The van der Waals surface area contributed by atoms with Crippen LogP contribution in [0.15, 0.2) is 24.3 Å². The van der Waals surface area contributed by atoms with Crippen LogP contribution in [-0.2, 0) is 14.1 Å².